The minimum Gasteiger partial charge on any atom is -0.352 e. The number of thioether (sulfide) groups is 1. The third-order valence-electron chi connectivity index (χ3n) is 5.64. The second-order valence-electron chi connectivity index (χ2n) is 7.94. The predicted molar refractivity (Wildman–Crippen MR) is 123 cm³/mol. The number of carbonyl (C=O) groups excluding carboxylic acids is 2. The lowest BCUT2D eigenvalue weighted by Crippen LogP contribution is -2.50. The van der Waals surface area contributed by atoms with E-state index in [0.29, 0.717) is 18.7 Å². The van der Waals surface area contributed by atoms with E-state index in [9.17, 15) is 9.59 Å². The van der Waals surface area contributed by atoms with E-state index in [-0.39, 0.29) is 17.9 Å². The number of hydrogen-bond donors (Lipinski definition) is 1. The molecule has 1 saturated carbocycles. The second kappa shape index (κ2) is 11.8. The van der Waals surface area contributed by atoms with Crippen LogP contribution in [0.15, 0.2) is 65.6 Å². The van der Waals surface area contributed by atoms with Gasteiger partial charge in [-0.3, -0.25) is 9.59 Å². The molecule has 0 saturated heterocycles. The summed E-state index contributed by atoms with van der Waals surface area (Å²) in [5.74, 6) is 0.681. The molecule has 1 N–H and O–H groups in total. The highest BCUT2D eigenvalue weighted by atomic mass is 32.2. The molecule has 5 heteroatoms. The molecular weight excluding hydrogens is 392 g/mol. The van der Waals surface area contributed by atoms with E-state index < -0.39 is 6.04 Å². The zero-order valence-electron chi connectivity index (χ0n) is 17.8. The fourth-order valence-electron chi connectivity index (χ4n) is 3.85. The molecule has 1 aliphatic carbocycles. The lowest BCUT2D eigenvalue weighted by molar-refractivity contribution is -0.140. The quantitative estimate of drug-likeness (QED) is 0.574. The highest BCUT2D eigenvalue weighted by Gasteiger charge is 2.27. The Bertz CT molecular complexity index is 791. The summed E-state index contributed by atoms with van der Waals surface area (Å²) < 4.78 is 0. The summed E-state index contributed by atoms with van der Waals surface area (Å²) in [5, 5.41) is 3.18. The van der Waals surface area contributed by atoms with Gasteiger partial charge in [0.25, 0.3) is 0 Å². The summed E-state index contributed by atoms with van der Waals surface area (Å²) in [6, 6.07) is 19.8. The lowest BCUT2D eigenvalue weighted by Gasteiger charge is -2.31. The Morgan fingerprint density at radius 1 is 1.00 bits per heavy atom. The molecule has 2 aromatic rings. The van der Waals surface area contributed by atoms with Crippen molar-refractivity contribution in [2.24, 2.45) is 0 Å². The monoisotopic (exact) mass is 424 g/mol. The van der Waals surface area contributed by atoms with Crippen LogP contribution in [0.1, 0.15) is 51.0 Å². The van der Waals surface area contributed by atoms with Crippen LogP contribution in [0.4, 0.5) is 0 Å². The zero-order valence-corrected chi connectivity index (χ0v) is 18.6. The van der Waals surface area contributed by atoms with Crippen molar-refractivity contribution in [1.82, 2.24) is 10.2 Å². The summed E-state index contributed by atoms with van der Waals surface area (Å²) in [6.45, 7) is 2.30. The van der Waals surface area contributed by atoms with Crippen LogP contribution in [-0.2, 0) is 16.1 Å². The topological polar surface area (TPSA) is 49.4 Å². The third-order valence-corrected chi connectivity index (χ3v) is 6.66. The van der Waals surface area contributed by atoms with Crippen molar-refractivity contribution < 1.29 is 9.59 Å². The summed E-state index contributed by atoms with van der Waals surface area (Å²) in [6.07, 6.45) is 6.08. The minimum atomic E-state index is -0.485. The molecule has 0 bridgehead atoms. The largest absolute Gasteiger partial charge is 0.352 e. The molecule has 160 valence electrons. The van der Waals surface area contributed by atoms with Crippen LogP contribution < -0.4 is 5.32 Å². The van der Waals surface area contributed by atoms with Gasteiger partial charge in [-0.05, 0) is 37.5 Å². The molecule has 0 unspecified atom stereocenters. The van der Waals surface area contributed by atoms with Gasteiger partial charge in [0.1, 0.15) is 6.04 Å². The Morgan fingerprint density at radius 3 is 2.30 bits per heavy atom. The number of nitrogens with zero attached hydrogens (tertiary/aromatic N) is 1. The van der Waals surface area contributed by atoms with Gasteiger partial charge in [0.15, 0.2) is 0 Å². The molecule has 2 aromatic carbocycles. The average Bonchev–Trinajstić information content (AvgIpc) is 2.79. The van der Waals surface area contributed by atoms with E-state index in [2.05, 4.69) is 17.4 Å². The Kier molecular flexibility index (Phi) is 8.81. The van der Waals surface area contributed by atoms with E-state index in [4.69, 9.17) is 0 Å². The zero-order chi connectivity index (χ0) is 21.2. The van der Waals surface area contributed by atoms with Gasteiger partial charge in [-0.15, -0.1) is 11.8 Å². The van der Waals surface area contributed by atoms with E-state index in [0.717, 1.165) is 23.3 Å². The molecule has 1 atom stereocenters. The fourth-order valence-corrected chi connectivity index (χ4v) is 4.71. The molecule has 2 amide bonds. The maximum absolute atomic E-state index is 13.1. The Morgan fingerprint density at radius 2 is 1.63 bits per heavy atom. The molecule has 0 radical (unpaired) electrons. The first kappa shape index (κ1) is 22.4. The van der Waals surface area contributed by atoms with Crippen LogP contribution >= 0.6 is 11.8 Å². The van der Waals surface area contributed by atoms with E-state index in [1.165, 1.54) is 19.3 Å². The number of amides is 2. The Labute approximate surface area is 184 Å². The number of benzene rings is 2. The first-order valence-electron chi connectivity index (χ1n) is 10.9. The molecule has 1 fully saturated rings. The van der Waals surface area contributed by atoms with Crippen molar-refractivity contribution in [3.63, 3.8) is 0 Å². The molecule has 0 aromatic heterocycles. The van der Waals surface area contributed by atoms with Gasteiger partial charge in [0.05, 0.1) is 0 Å². The first-order chi connectivity index (χ1) is 14.6. The molecule has 30 heavy (non-hydrogen) atoms. The van der Waals surface area contributed by atoms with Crippen LogP contribution in [0.5, 0.6) is 0 Å². The number of rotatable bonds is 9. The van der Waals surface area contributed by atoms with Crippen LogP contribution in [0, 0.1) is 0 Å². The molecule has 4 nitrogen and oxygen atoms in total. The molecule has 3 rings (SSSR count). The van der Waals surface area contributed by atoms with Gasteiger partial charge in [-0.25, -0.2) is 0 Å². The molecule has 1 aliphatic rings. The van der Waals surface area contributed by atoms with Gasteiger partial charge in [-0.2, -0.15) is 0 Å². The van der Waals surface area contributed by atoms with E-state index in [1.54, 1.807) is 16.7 Å². The Balaban J connectivity index is 1.62. The van der Waals surface area contributed by atoms with Gasteiger partial charge in [-0.1, -0.05) is 67.8 Å². The molecule has 0 heterocycles. The van der Waals surface area contributed by atoms with Crippen LogP contribution in [0.3, 0.4) is 0 Å². The summed E-state index contributed by atoms with van der Waals surface area (Å²) >= 11 is 1.67. The predicted octanol–water partition coefficient (Wildman–Crippen LogP) is 5.04. The average molecular weight is 425 g/mol. The van der Waals surface area contributed by atoms with Crippen molar-refractivity contribution in [2.75, 3.05) is 5.75 Å². The minimum absolute atomic E-state index is 0.0218. The first-order valence-corrected chi connectivity index (χ1v) is 11.9. The van der Waals surface area contributed by atoms with Crippen molar-refractivity contribution in [1.29, 1.82) is 0 Å². The lowest BCUT2D eigenvalue weighted by atomic mass is 9.95. The molecule has 0 aliphatic heterocycles. The van der Waals surface area contributed by atoms with Crippen LogP contribution in [-0.4, -0.2) is 34.6 Å². The number of carbonyl (C=O) groups is 2. The fraction of sp³-hybridized carbons (Fsp3) is 0.440. The maximum Gasteiger partial charge on any atom is 0.242 e. The SMILES string of the molecule is C[C@H](C(=O)NC1CCCCC1)N(Cc1ccccc1)C(=O)CCSc1ccccc1. The highest BCUT2D eigenvalue weighted by Crippen LogP contribution is 2.20. The summed E-state index contributed by atoms with van der Waals surface area (Å²) in [4.78, 5) is 28.9. The Hall–Kier alpha value is -2.27. The second-order valence-corrected chi connectivity index (χ2v) is 9.11. The van der Waals surface area contributed by atoms with Gasteiger partial charge in [0, 0.05) is 29.7 Å². The van der Waals surface area contributed by atoms with E-state index in [1.807, 2.05) is 55.5 Å². The van der Waals surface area contributed by atoms with Crippen molar-refractivity contribution >= 4 is 23.6 Å². The van der Waals surface area contributed by atoms with Crippen molar-refractivity contribution in [3.8, 4) is 0 Å². The van der Waals surface area contributed by atoms with Gasteiger partial charge >= 0.3 is 0 Å². The van der Waals surface area contributed by atoms with Gasteiger partial charge in [0.2, 0.25) is 11.8 Å². The van der Waals surface area contributed by atoms with Gasteiger partial charge < -0.3 is 10.2 Å². The smallest absolute Gasteiger partial charge is 0.242 e. The highest BCUT2D eigenvalue weighted by molar-refractivity contribution is 7.99. The van der Waals surface area contributed by atoms with Crippen LogP contribution in [0.25, 0.3) is 0 Å². The third kappa shape index (κ3) is 6.91. The summed E-state index contributed by atoms with van der Waals surface area (Å²) in [5.41, 5.74) is 1.04. The van der Waals surface area contributed by atoms with Crippen molar-refractivity contribution in [3.05, 3.63) is 66.2 Å². The number of hydrogen-bond acceptors (Lipinski definition) is 3. The summed E-state index contributed by atoms with van der Waals surface area (Å²) in [7, 11) is 0. The number of nitrogens with one attached hydrogen (secondary N) is 1. The molecule has 0 spiro atoms. The standard InChI is InChI=1S/C25H32N2O2S/c1-20(25(29)26-22-13-7-3-8-14-22)27(19-21-11-5-2-6-12-21)24(28)17-18-30-23-15-9-4-10-16-23/h2,4-6,9-12,15-16,20,22H,3,7-8,13-14,17-19H2,1H3,(H,26,29)/t20-/m1/s1. The van der Waals surface area contributed by atoms with Crippen LogP contribution in [0.2, 0.25) is 0 Å². The van der Waals surface area contributed by atoms with E-state index >= 15 is 0 Å². The normalized spacial score (nSPS) is 15.4. The molecular formula is C25H32N2O2S. The maximum atomic E-state index is 13.1. The van der Waals surface area contributed by atoms with Crippen molar-refractivity contribution in [2.45, 2.75) is 69.0 Å².